The number of halogens is 1. The Labute approximate surface area is 173 Å². The van der Waals surface area contributed by atoms with Crippen molar-refractivity contribution in [1.29, 1.82) is 0 Å². The van der Waals surface area contributed by atoms with Gasteiger partial charge in [0.25, 0.3) is 0 Å². The Hall–Kier alpha value is -1.85. The second-order valence-corrected chi connectivity index (χ2v) is 9.06. The van der Waals surface area contributed by atoms with Crippen molar-refractivity contribution >= 4 is 38.1 Å². The summed E-state index contributed by atoms with van der Waals surface area (Å²) < 4.78 is 1.12. The predicted molar refractivity (Wildman–Crippen MR) is 119 cm³/mol. The van der Waals surface area contributed by atoms with Crippen molar-refractivity contribution in [2.24, 2.45) is 0 Å². The zero-order valence-electron chi connectivity index (χ0n) is 15.8. The van der Waals surface area contributed by atoms with Gasteiger partial charge in [0.05, 0.1) is 0 Å². The molecule has 0 unspecified atom stereocenters. The molecule has 0 bridgehead atoms. The molecule has 2 aromatic carbocycles. The van der Waals surface area contributed by atoms with E-state index in [1.54, 1.807) is 0 Å². The van der Waals surface area contributed by atoms with Gasteiger partial charge in [0.15, 0.2) is 5.13 Å². The molecule has 3 aromatic rings. The summed E-state index contributed by atoms with van der Waals surface area (Å²) in [5.74, 6) is 0. The van der Waals surface area contributed by atoms with E-state index in [1.807, 2.05) is 17.5 Å². The average Bonchev–Trinajstić information content (AvgIpc) is 3.16. The maximum absolute atomic E-state index is 4.72. The average molecular weight is 442 g/mol. The molecule has 0 fully saturated rings. The van der Waals surface area contributed by atoms with Gasteiger partial charge < -0.3 is 9.80 Å². The highest BCUT2D eigenvalue weighted by Crippen LogP contribution is 2.31. The van der Waals surface area contributed by atoms with Crippen LogP contribution < -0.4 is 9.80 Å². The highest BCUT2D eigenvalue weighted by molar-refractivity contribution is 9.10. The van der Waals surface area contributed by atoms with Crippen LogP contribution in [0.4, 0.5) is 10.8 Å². The minimum absolute atomic E-state index is 0.945. The van der Waals surface area contributed by atoms with E-state index in [4.69, 9.17) is 4.98 Å². The van der Waals surface area contributed by atoms with Gasteiger partial charge in [0.1, 0.15) is 0 Å². The van der Waals surface area contributed by atoms with E-state index in [1.165, 1.54) is 27.3 Å². The van der Waals surface area contributed by atoms with Gasteiger partial charge in [0.2, 0.25) is 0 Å². The molecule has 0 spiro atoms. The Morgan fingerprint density at radius 1 is 1.15 bits per heavy atom. The summed E-state index contributed by atoms with van der Waals surface area (Å²) in [6.45, 7) is 5.20. The molecule has 140 valence electrons. The molecule has 0 aliphatic carbocycles. The Balaban J connectivity index is 1.49. The van der Waals surface area contributed by atoms with Crippen molar-refractivity contribution in [1.82, 2.24) is 4.98 Å². The SMILES string of the molecule is CCN(C)c1ccc2c(c1)CN(c1ncc(Cc3ccc(Br)cc3)s1)CC2. The first-order valence-corrected chi connectivity index (χ1v) is 11.0. The minimum atomic E-state index is 0.945. The molecule has 1 aliphatic heterocycles. The molecular weight excluding hydrogens is 418 g/mol. The standard InChI is InChI=1S/C22H24BrN3S/c1-3-25(2)20-9-6-17-10-11-26(15-18(17)13-20)22-24-14-21(27-22)12-16-4-7-19(23)8-5-16/h4-9,13-14H,3,10-12,15H2,1-2H3. The number of anilines is 2. The number of benzene rings is 2. The van der Waals surface area contributed by atoms with Crippen LogP contribution in [0.2, 0.25) is 0 Å². The third-order valence-corrected chi connectivity index (χ3v) is 6.81. The van der Waals surface area contributed by atoms with Gasteiger partial charge in [-0.25, -0.2) is 4.98 Å². The van der Waals surface area contributed by atoms with Crippen LogP contribution in [0.1, 0.15) is 28.5 Å². The largest absolute Gasteiger partial charge is 0.375 e. The first-order chi connectivity index (χ1) is 13.1. The lowest BCUT2D eigenvalue weighted by Gasteiger charge is -2.29. The first-order valence-electron chi connectivity index (χ1n) is 9.39. The van der Waals surface area contributed by atoms with Crippen molar-refractivity contribution < 1.29 is 0 Å². The Morgan fingerprint density at radius 2 is 1.96 bits per heavy atom. The lowest BCUT2D eigenvalue weighted by molar-refractivity contribution is 0.728. The smallest absolute Gasteiger partial charge is 0.185 e. The fourth-order valence-corrected chi connectivity index (χ4v) is 4.69. The van der Waals surface area contributed by atoms with Crippen molar-refractivity contribution in [2.75, 3.05) is 29.9 Å². The third-order valence-electron chi connectivity index (χ3n) is 5.22. The normalized spacial score (nSPS) is 13.5. The molecule has 0 atom stereocenters. The monoisotopic (exact) mass is 441 g/mol. The molecule has 0 N–H and O–H groups in total. The number of rotatable bonds is 5. The van der Waals surface area contributed by atoms with Gasteiger partial charge in [-0.15, -0.1) is 11.3 Å². The third kappa shape index (κ3) is 4.19. The summed E-state index contributed by atoms with van der Waals surface area (Å²) in [6.07, 6.45) is 4.08. The molecule has 27 heavy (non-hydrogen) atoms. The molecule has 1 aliphatic rings. The maximum Gasteiger partial charge on any atom is 0.185 e. The van der Waals surface area contributed by atoms with Gasteiger partial charge in [-0.3, -0.25) is 0 Å². The quantitative estimate of drug-likeness (QED) is 0.519. The highest BCUT2D eigenvalue weighted by Gasteiger charge is 2.20. The molecule has 1 aromatic heterocycles. The number of thiazole rings is 1. The summed E-state index contributed by atoms with van der Waals surface area (Å²) in [5, 5.41) is 1.14. The van der Waals surface area contributed by atoms with Crippen molar-refractivity contribution in [3.63, 3.8) is 0 Å². The van der Waals surface area contributed by atoms with Crippen molar-refractivity contribution in [2.45, 2.75) is 26.3 Å². The van der Waals surface area contributed by atoms with Crippen LogP contribution in [0.25, 0.3) is 0 Å². The van der Waals surface area contributed by atoms with E-state index in [-0.39, 0.29) is 0 Å². The molecular formula is C22H24BrN3S. The molecule has 4 rings (SSSR count). The fourth-order valence-electron chi connectivity index (χ4n) is 3.46. The zero-order chi connectivity index (χ0) is 18.8. The van der Waals surface area contributed by atoms with E-state index >= 15 is 0 Å². The molecule has 0 saturated carbocycles. The van der Waals surface area contributed by atoms with E-state index in [0.29, 0.717) is 0 Å². The van der Waals surface area contributed by atoms with E-state index in [0.717, 1.165) is 42.1 Å². The Morgan fingerprint density at radius 3 is 2.74 bits per heavy atom. The van der Waals surface area contributed by atoms with Crippen LogP contribution in [-0.4, -0.2) is 25.1 Å². The second kappa shape index (κ2) is 8.03. The molecule has 2 heterocycles. The van der Waals surface area contributed by atoms with Crippen LogP contribution in [0.15, 0.2) is 53.1 Å². The van der Waals surface area contributed by atoms with Crippen LogP contribution in [0, 0.1) is 0 Å². The van der Waals surface area contributed by atoms with Crippen LogP contribution in [0.5, 0.6) is 0 Å². The number of hydrogen-bond donors (Lipinski definition) is 0. The van der Waals surface area contributed by atoms with Gasteiger partial charge in [-0.05, 0) is 54.3 Å². The van der Waals surface area contributed by atoms with Crippen molar-refractivity contribution in [3.8, 4) is 0 Å². The molecule has 3 nitrogen and oxygen atoms in total. The summed E-state index contributed by atoms with van der Waals surface area (Å²) in [6, 6.07) is 15.4. The molecule has 0 saturated heterocycles. The summed E-state index contributed by atoms with van der Waals surface area (Å²) in [5.41, 5.74) is 5.53. The van der Waals surface area contributed by atoms with Crippen LogP contribution in [0.3, 0.4) is 0 Å². The minimum Gasteiger partial charge on any atom is -0.375 e. The maximum atomic E-state index is 4.72. The fraction of sp³-hybridized carbons (Fsp3) is 0.318. The van der Waals surface area contributed by atoms with E-state index in [9.17, 15) is 0 Å². The predicted octanol–water partition coefficient (Wildman–Crippen LogP) is 5.52. The number of nitrogens with zero attached hydrogens (tertiary/aromatic N) is 3. The van der Waals surface area contributed by atoms with Crippen LogP contribution in [-0.2, 0) is 19.4 Å². The lowest BCUT2D eigenvalue weighted by atomic mass is 9.99. The van der Waals surface area contributed by atoms with Gasteiger partial charge >= 0.3 is 0 Å². The first kappa shape index (κ1) is 18.5. The van der Waals surface area contributed by atoms with Gasteiger partial charge in [-0.1, -0.05) is 34.1 Å². The summed E-state index contributed by atoms with van der Waals surface area (Å²) in [7, 11) is 2.15. The Kier molecular flexibility index (Phi) is 5.50. The van der Waals surface area contributed by atoms with Gasteiger partial charge in [-0.2, -0.15) is 0 Å². The number of aromatic nitrogens is 1. The molecule has 0 radical (unpaired) electrons. The highest BCUT2D eigenvalue weighted by atomic mass is 79.9. The lowest BCUT2D eigenvalue weighted by Crippen LogP contribution is -2.30. The van der Waals surface area contributed by atoms with Gasteiger partial charge in [0, 0.05) is 54.3 Å². The molecule has 5 heteroatoms. The Bertz CT molecular complexity index is 920. The summed E-state index contributed by atoms with van der Waals surface area (Å²) >= 11 is 5.32. The number of hydrogen-bond acceptors (Lipinski definition) is 4. The molecule has 0 amide bonds. The summed E-state index contributed by atoms with van der Waals surface area (Å²) in [4.78, 5) is 10.8. The van der Waals surface area contributed by atoms with Crippen molar-refractivity contribution in [3.05, 3.63) is 74.7 Å². The van der Waals surface area contributed by atoms with E-state index < -0.39 is 0 Å². The zero-order valence-corrected chi connectivity index (χ0v) is 18.2. The van der Waals surface area contributed by atoms with E-state index in [2.05, 4.69) is 82.2 Å². The van der Waals surface area contributed by atoms with Crippen LogP contribution >= 0.6 is 27.3 Å². The topological polar surface area (TPSA) is 19.4 Å². The second-order valence-electron chi connectivity index (χ2n) is 7.05. The number of fused-ring (bicyclic) bond motifs is 1.